The van der Waals surface area contributed by atoms with E-state index in [1.54, 1.807) is 0 Å². The van der Waals surface area contributed by atoms with Crippen molar-refractivity contribution in [2.45, 2.75) is 37.3 Å². The van der Waals surface area contributed by atoms with Gasteiger partial charge in [0.25, 0.3) is 0 Å². The van der Waals surface area contributed by atoms with Crippen LogP contribution < -0.4 is 0 Å². The van der Waals surface area contributed by atoms with Gasteiger partial charge in [0.2, 0.25) is 0 Å². The van der Waals surface area contributed by atoms with E-state index < -0.39 is 5.60 Å². The summed E-state index contributed by atoms with van der Waals surface area (Å²) in [5.41, 5.74) is 3.50. The largest absolute Gasteiger partial charge is 0.389 e. The molecule has 1 aromatic heterocycles. The van der Waals surface area contributed by atoms with Gasteiger partial charge in [-0.2, -0.15) is 0 Å². The zero-order valence-electron chi connectivity index (χ0n) is 11.5. The summed E-state index contributed by atoms with van der Waals surface area (Å²) in [4.78, 5) is 5.72. The van der Waals surface area contributed by atoms with Crippen molar-refractivity contribution in [3.8, 4) is 0 Å². The normalized spacial score (nSPS) is 34.5. The highest BCUT2D eigenvalue weighted by Crippen LogP contribution is 2.45. The number of aromatic nitrogens is 1. The lowest BCUT2D eigenvalue weighted by Gasteiger charge is -2.48. The van der Waals surface area contributed by atoms with Crippen LogP contribution in [-0.2, 0) is 6.42 Å². The molecule has 1 unspecified atom stereocenters. The smallest absolute Gasteiger partial charge is 0.0752 e. The van der Waals surface area contributed by atoms with E-state index in [1.807, 2.05) is 6.92 Å². The predicted octanol–water partition coefficient (Wildman–Crippen LogP) is 2.26. The molecule has 0 spiro atoms. The number of nitrogens with one attached hydrogen (secondary N) is 1. The molecule has 100 valence electrons. The summed E-state index contributed by atoms with van der Waals surface area (Å²) in [6, 6.07) is 7.04. The van der Waals surface area contributed by atoms with Crippen molar-refractivity contribution in [1.29, 1.82) is 0 Å². The molecule has 19 heavy (non-hydrogen) atoms. The number of likely N-dealkylation sites (tertiary alicyclic amines) is 1. The van der Waals surface area contributed by atoms with Crippen molar-refractivity contribution in [3.05, 3.63) is 35.5 Å². The maximum absolute atomic E-state index is 10.5. The van der Waals surface area contributed by atoms with Crippen LogP contribution >= 0.6 is 0 Å². The number of H-pyrrole nitrogens is 1. The molecule has 1 aromatic carbocycles. The lowest BCUT2D eigenvalue weighted by Crippen LogP contribution is -2.54. The molecule has 2 aliphatic rings. The lowest BCUT2D eigenvalue weighted by atomic mass is 9.71. The third-order valence-electron chi connectivity index (χ3n) is 4.93. The van der Waals surface area contributed by atoms with Crippen molar-refractivity contribution >= 4 is 10.9 Å². The van der Waals surface area contributed by atoms with Crippen molar-refractivity contribution in [2.24, 2.45) is 0 Å². The van der Waals surface area contributed by atoms with Crippen LogP contribution in [0.4, 0.5) is 0 Å². The Bertz CT molecular complexity index is 643. The molecule has 1 fully saturated rings. The molecule has 3 nitrogen and oxygen atoms in total. The topological polar surface area (TPSA) is 39.3 Å². The molecular formula is C16H20N2O. The van der Waals surface area contributed by atoms with Crippen LogP contribution in [0, 0.1) is 0 Å². The fraction of sp³-hybridized carbons (Fsp3) is 0.500. The quantitative estimate of drug-likeness (QED) is 0.759. The number of benzene rings is 1. The zero-order valence-corrected chi connectivity index (χ0v) is 11.5. The summed E-state index contributed by atoms with van der Waals surface area (Å²) >= 11 is 0. The lowest BCUT2D eigenvalue weighted by molar-refractivity contribution is -0.0402. The van der Waals surface area contributed by atoms with Gasteiger partial charge in [-0.3, -0.25) is 4.90 Å². The number of rotatable bonds is 0. The second kappa shape index (κ2) is 3.62. The number of aliphatic hydroxyl groups is 1. The van der Waals surface area contributed by atoms with Crippen molar-refractivity contribution in [3.63, 3.8) is 0 Å². The maximum atomic E-state index is 10.5. The average molecular weight is 256 g/mol. The van der Waals surface area contributed by atoms with Gasteiger partial charge in [0.15, 0.2) is 0 Å². The Morgan fingerprint density at radius 2 is 2.26 bits per heavy atom. The highest BCUT2D eigenvalue weighted by molar-refractivity contribution is 5.88. The van der Waals surface area contributed by atoms with Gasteiger partial charge in [0.05, 0.1) is 5.60 Å². The second-order valence-electron chi connectivity index (χ2n) is 6.58. The number of hydrogen-bond donors (Lipinski definition) is 2. The van der Waals surface area contributed by atoms with E-state index in [0.29, 0.717) is 12.0 Å². The molecule has 2 heterocycles. The van der Waals surface area contributed by atoms with E-state index in [0.717, 1.165) is 19.4 Å². The minimum absolute atomic E-state index is 0.445. The van der Waals surface area contributed by atoms with Crippen LogP contribution in [0.15, 0.2) is 24.4 Å². The Hall–Kier alpha value is -1.32. The Balaban J connectivity index is 1.91. The summed E-state index contributed by atoms with van der Waals surface area (Å²) in [5.74, 6) is 0.445. The van der Waals surface area contributed by atoms with Crippen LogP contribution in [0.5, 0.6) is 0 Å². The number of fused-ring (bicyclic) bond motifs is 2. The fourth-order valence-electron chi connectivity index (χ4n) is 4.23. The standard InChI is InChI=1S/C16H20N2O/c1-16(19)7-12-11-4-3-5-13-15(11)10(8-17-13)6-14(12)18(2)9-16/h3-5,8,12,14,17,19H,6-7,9H2,1-2H3/t12-,14-,16?/m1/s1. The van der Waals surface area contributed by atoms with Gasteiger partial charge in [-0.1, -0.05) is 12.1 Å². The number of piperidine rings is 1. The average Bonchev–Trinajstić information content (AvgIpc) is 2.75. The molecule has 1 saturated heterocycles. The molecule has 2 N–H and O–H groups in total. The van der Waals surface area contributed by atoms with Gasteiger partial charge in [-0.25, -0.2) is 0 Å². The van der Waals surface area contributed by atoms with Crippen LogP contribution in [-0.4, -0.2) is 40.2 Å². The van der Waals surface area contributed by atoms with Crippen LogP contribution in [0.2, 0.25) is 0 Å². The Labute approximate surface area is 113 Å². The molecule has 4 rings (SSSR count). The number of nitrogens with zero attached hydrogens (tertiary/aromatic N) is 1. The molecule has 0 amide bonds. The molecule has 0 saturated carbocycles. The predicted molar refractivity (Wildman–Crippen MR) is 76.4 cm³/mol. The second-order valence-corrected chi connectivity index (χ2v) is 6.58. The van der Waals surface area contributed by atoms with Gasteiger partial charge in [0.1, 0.15) is 0 Å². The summed E-state index contributed by atoms with van der Waals surface area (Å²) in [6.45, 7) is 2.73. The van der Waals surface area contributed by atoms with Crippen molar-refractivity contribution in [2.75, 3.05) is 13.6 Å². The van der Waals surface area contributed by atoms with Crippen LogP contribution in [0.3, 0.4) is 0 Å². The van der Waals surface area contributed by atoms with Crippen LogP contribution in [0.1, 0.15) is 30.4 Å². The highest BCUT2D eigenvalue weighted by atomic mass is 16.3. The molecule has 2 aromatic rings. The van der Waals surface area contributed by atoms with Crippen LogP contribution in [0.25, 0.3) is 10.9 Å². The number of aromatic amines is 1. The molecule has 1 aliphatic carbocycles. The first-order chi connectivity index (χ1) is 9.05. The monoisotopic (exact) mass is 256 g/mol. The summed E-state index contributed by atoms with van der Waals surface area (Å²) in [7, 11) is 2.14. The molecule has 1 aliphatic heterocycles. The van der Waals surface area contributed by atoms with E-state index in [2.05, 4.69) is 41.3 Å². The minimum atomic E-state index is -0.577. The first kappa shape index (κ1) is 11.5. The summed E-state index contributed by atoms with van der Waals surface area (Å²) < 4.78 is 0. The summed E-state index contributed by atoms with van der Waals surface area (Å²) in [6.07, 6.45) is 4.12. The highest BCUT2D eigenvalue weighted by Gasteiger charge is 2.43. The minimum Gasteiger partial charge on any atom is -0.389 e. The molecular weight excluding hydrogens is 236 g/mol. The van der Waals surface area contributed by atoms with Gasteiger partial charge in [-0.15, -0.1) is 0 Å². The van der Waals surface area contributed by atoms with E-state index >= 15 is 0 Å². The van der Waals surface area contributed by atoms with Gasteiger partial charge < -0.3 is 10.1 Å². The van der Waals surface area contributed by atoms with Gasteiger partial charge in [-0.05, 0) is 44.0 Å². The fourth-order valence-corrected chi connectivity index (χ4v) is 4.23. The Morgan fingerprint density at radius 3 is 3.11 bits per heavy atom. The van der Waals surface area contributed by atoms with E-state index in [1.165, 1.54) is 22.0 Å². The first-order valence-corrected chi connectivity index (χ1v) is 7.07. The molecule has 3 heteroatoms. The van der Waals surface area contributed by atoms with E-state index in [4.69, 9.17) is 0 Å². The zero-order chi connectivity index (χ0) is 13.2. The molecule has 0 radical (unpaired) electrons. The summed E-state index contributed by atoms with van der Waals surface area (Å²) in [5, 5.41) is 11.9. The van der Waals surface area contributed by atoms with Crippen molar-refractivity contribution < 1.29 is 5.11 Å². The number of hydrogen-bond acceptors (Lipinski definition) is 2. The Kier molecular flexibility index (Phi) is 2.19. The molecule has 3 atom stereocenters. The maximum Gasteiger partial charge on any atom is 0.0752 e. The van der Waals surface area contributed by atoms with Gasteiger partial charge >= 0.3 is 0 Å². The third kappa shape index (κ3) is 1.58. The van der Waals surface area contributed by atoms with E-state index in [-0.39, 0.29) is 0 Å². The third-order valence-corrected chi connectivity index (χ3v) is 4.93. The SMILES string of the molecule is CN1CC(C)(O)C[C@@H]2c3cccc4[nH]cc(c34)C[C@H]21. The van der Waals surface area contributed by atoms with Gasteiger partial charge in [0, 0.05) is 35.6 Å². The molecule has 0 bridgehead atoms. The first-order valence-electron chi connectivity index (χ1n) is 7.07. The van der Waals surface area contributed by atoms with Crippen molar-refractivity contribution in [1.82, 2.24) is 9.88 Å². The number of β-amino-alcohol motifs (C(OH)–C–C–N with tert-alkyl or cyclic N) is 1. The number of likely N-dealkylation sites (N-methyl/N-ethyl adjacent to an activating group) is 1. The Morgan fingerprint density at radius 1 is 1.42 bits per heavy atom. The van der Waals surface area contributed by atoms with E-state index in [9.17, 15) is 5.11 Å².